The van der Waals surface area contributed by atoms with Crippen molar-refractivity contribution in [3.63, 3.8) is 0 Å². The summed E-state index contributed by atoms with van der Waals surface area (Å²) in [6.45, 7) is 11.5. The van der Waals surface area contributed by atoms with Crippen LogP contribution in [-0.2, 0) is 9.53 Å². The third-order valence-corrected chi connectivity index (χ3v) is 3.49. The zero-order valence-electron chi connectivity index (χ0n) is 13.5. The highest BCUT2D eigenvalue weighted by molar-refractivity contribution is 5.79. The highest BCUT2D eigenvalue weighted by Crippen LogP contribution is 2.27. The van der Waals surface area contributed by atoms with E-state index in [-0.39, 0.29) is 30.0 Å². The number of hydrogen-bond acceptors (Lipinski definition) is 4. The lowest BCUT2D eigenvalue weighted by Crippen LogP contribution is -2.57. The molecule has 0 saturated carbocycles. The van der Waals surface area contributed by atoms with Crippen molar-refractivity contribution in [3.8, 4) is 0 Å². The van der Waals surface area contributed by atoms with Crippen LogP contribution in [0.2, 0.25) is 0 Å². The number of rotatable bonds is 4. The molecule has 5 heteroatoms. The van der Waals surface area contributed by atoms with E-state index in [2.05, 4.69) is 20.8 Å². The van der Waals surface area contributed by atoms with E-state index < -0.39 is 5.60 Å². The Morgan fingerprint density at radius 3 is 2.55 bits per heavy atom. The molecule has 20 heavy (non-hydrogen) atoms. The molecule has 2 unspecified atom stereocenters. The van der Waals surface area contributed by atoms with E-state index in [4.69, 9.17) is 10.5 Å². The molecule has 0 aromatic heterocycles. The van der Waals surface area contributed by atoms with Gasteiger partial charge in [-0.1, -0.05) is 20.8 Å². The first-order valence-corrected chi connectivity index (χ1v) is 7.35. The van der Waals surface area contributed by atoms with E-state index in [9.17, 15) is 9.90 Å². The number of carbonyl (C=O) groups is 1. The van der Waals surface area contributed by atoms with Gasteiger partial charge in [0, 0.05) is 19.6 Å². The van der Waals surface area contributed by atoms with E-state index in [0.29, 0.717) is 19.6 Å². The fourth-order valence-corrected chi connectivity index (χ4v) is 2.83. The van der Waals surface area contributed by atoms with Crippen LogP contribution in [0, 0.1) is 11.3 Å². The molecule has 0 aliphatic carbocycles. The van der Waals surface area contributed by atoms with E-state index >= 15 is 0 Å². The number of aliphatic hydroxyl groups is 1. The fourth-order valence-electron chi connectivity index (χ4n) is 2.83. The van der Waals surface area contributed by atoms with Gasteiger partial charge in [0.05, 0.1) is 24.2 Å². The summed E-state index contributed by atoms with van der Waals surface area (Å²) in [5.74, 6) is -0.0829. The van der Waals surface area contributed by atoms with Gasteiger partial charge in [-0.2, -0.15) is 0 Å². The van der Waals surface area contributed by atoms with Gasteiger partial charge >= 0.3 is 0 Å². The summed E-state index contributed by atoms with van der Waals surface area (Å²) in [6, 6.07) is 0. The summed E-state index contributed by atoms with van der Waals surface area (Å²) in [7, 11) is 0. The molecule has 1 aliphatic rings. The van der Waals surface area contributed by atoms with Gasteiger partial charge in [0.25, 0.3) is 0 Å². The summed E-state index contributed by atoms with van der Waals surface area (Å²) in [5, 5.41) is 9.32. The summed E-state index contributed by atoms with van der Waals surface area (Å²) >= 11 is 0. The number of nitrogens with two attached hydrogens (primary N) is 1. The van der Waals surface area contributed by atoms with Crippen molar-refractivity contribution in [2.24, 2.45) is 17.1 Å². The molecule has 1 saturated heterocycles. The predicted octanol–water partition coefficient (Wildman–Crippen LogP) is 0.996. The van der Waals surface area contributed by atoms with Gasteiger partial charge in [0.2, 0.25) is 5.91 Å². The zero-order valence-corrected chi connectivity index (χ0v) is 13.5. The third kappa shape index (κ3) is 5.04. The Hall–Kier alpha value is -0.650. The largest absolute Gasteiger partial charge is 0.394 e. The first-order valence-electron chi connectivity index (χ1n) is 7.35. The molecule has 0 spiro atoms. The topological polar surface area (TPSA) is 75.8 Å². The molecule has 1 heterocycles. The Bertz CT molecular complexity index is 337. The number of carbonyl (C=O) groups excluding carboxylic acids is 1. The van der Waals surface area contributed by atoms with Crippen molar-refractivity contribution in [2.45, 2.75) is 52.7 Å². The second-order valence-corrected chi connectivity index (χ2v) is 7.60. The normalized spacial score (nSPS) is 24.6. The molecule has 0 aromatic carbocycles. The summed E-state index contributed by atoms with van der Waals surface area (Å²) in [4.78, 5) is 14.5. The van der Waals surface area contributed by atoms with Crippen LogP contribution < -0.4 is 5.73 Å². The number of amides is 1. The van der Waals surface area contributed by atoms with Crippen molar-refractivity contribution < 1.29 is 14.6 Å². The second kappa shape index (κ2) is 6.41. The van der Waals surface area contributed by atoms with E-state index in [1.54, 1.807) is 4.90 Å². The first kappa shape index (κ1) is 17.4. The fraction of sp³-hybridized carbons (Fsp3) is 0.933. The van der Waals surface area contributed by atoms with Crippen molar-refractivity contribution in [2.75, 3.05) is 26.2 Å². The summed E-state index contributed by atoms with van der Waals surface area (Å²) in [5.41, 5.74) is 5.43. The Balaban J connectivity index is 2.78. The predicted molar refractivity (Wildman–Crippen MR) is 79.2 cm³/mol. The standard InChI is InChI=1S/C15H30N2O3/c1-14(2,3)6-11(7-16)13(19)17-8-12(9-18)20-15(4,5)10-17/h11-12,18H,6-10,16H2,1-5H3. The molecule has 5 nitrogen and oxygen atoms in total. The van der Waals surface area contributed by atoms with Gasteiger partial charge in [0.15, 0.2) is 0 Å². The van der Waals surface area contributed by atoms with Crippen LogP contribution in [0.25, 0.3) is 0 Å². The molecule has 1 rings (SSSR count). The smallest absolute Gasteiger partial charge is 0.227 e. The van der Waals surface area contributed by atoms with Crippen LogP contribution in [0.4, 0.5) is 0 Å². The second-order valence-electron chi connectivity index (χ2n) is 7.60. The summed E-state index contributed by atoms with van der Waals surface area (Å²) in [6.07, 6.45) is 0.458. The van der Waals surface area contributed by atoms with Gasteiger partial charge < -0.3 is 20.5 Å². The number of ether oxygens (including phenoxy) is 1. The van der Waals surface area contributed by atoms with E-state index in [1.807, 2.05) is 13.8 Å². The van der Waals surface area contributed by atoms with Crippen LogP contribution in [-0.4, -0.2) is 53.9 Å². The van der Waals surface area contributed by atoms with Crippen molar-refractivity contribution in [3.05, 3.63) is 0 Å². The molecule has 1 fully saturated rings. The maximum absolute atomic E-state index is 12.7. The van der Waals surface area contributed by atoms with Crippen LogP contribution >= 0.6 is 0 Å². The van der Waals surface area contributed by atoms with Gasteiger partial charge in [0.1, 0.15) is 0 Å². The Morgan fingerprint density at radius 1 is 1.50 bits per heavy atom. The molecule has 118 valence electrons. The molecular formula is C15H30N2O3. The molecule has 1 amide bonds. The lowest BCUT2D eigenvalue weighted by atomic mass is 9.83. The lowest BCUT2D eigenvalue weighted by Gasteiger charge is -2.43. The van der Waals surface area contributed by atoms with Gasteiger partial charge in [-0.25, -0.2) is 0 Å². The molecule has 1 aliphatic heterocycles. The maximum Gasteiger partial charge on any atom is 0.227 e. The van der Waals surface area contributed by atoms with Crippen molar-refractivity contribution >= 4 is 5.91 Å². The van der Waals surface area contributed by atoms with Crippen molar-refractivity contribution in [1.82, 2.24) is 4.90 Å². The number of aliphatic hydroxyl groups excluding tert-OH is 1. The van der Waals surface area contributed by atoms with Crippen LogP contribution in [0.3, 0.4) is 0 Å². The monoisotopic (exact) mass is 286 g/mol. The first-order chi connectivity index (χ1) is 9.08. The van der Waals surface area contributed by atoms with Crippen LogP contribution in [0.1, 0.15) is 41.0 Å². The third-order valence-electron chi connectivity index (χ3n) is 3.49. The van der Waals surface area contributed by atoms with Crippen LogP contribution in [0.5, 0.6) is 0 Å². The molecule has 2 atom stereocenters. The lowest BCUT2D eigenvalue weighted by molar-refractivity contribution is -0.170. The average molecular weight is 286 g/mol. The molecule has 0 bridgehead atoms. The Morgan fingerprint density at radius 2 is 2.10 bits per heavy atom. The van der Waals surface area contributed by atoms with Gasteiger partial charge in [-0.15, -0.1) is 0 Å². The number of nitrogens with zero attached hydrogens (tertiary/aromatic N) is 1. The molecule has 0 aromatic rings. The number of hydrogen-bond donors (Lipinski definition) is 2. The molecule has 0 radical (unpaired) electrons. The maximum atomic E-state index is 12.7. The Kier molecular flexibility index (Phi) is 5.58. The molecular weight excluding hydrogens is 256 g/mol. The quantitative estimate of drug-likeness (QED) is 0.808. The average Bonchev–Trinajstić information content (AvgIpc) is 2.31. The highest BCUT2D eigenvalue weighted by Gasteiger charge is 2.37. The van der Waals surface area contributed by atoms with Gasteiger partial charge in [-0.3, -0.25) is 4.79 Å². The minimum absolute atomic E-state index is 0.0673. The van der Waals surface area contributed by atoms with Gasteiger partial charge in [-0.05, 0) is 25.7 Å². The SMILES string of the molecule is CC(C)(C)CC(CN)C(=O)N1CC(CO)OC(C)(C)C1. The molecule has 3 N–H and O–H groups in total. The van der Waals surface area contributed by atoms with Crippen LogP contribution in [0.15, 0.2) is 0 Å². The van der Waals surface area contributed by atoms with E-state index in [0.717, 1.165) is 6.42 Å². The minimum Gasteiger partial charge on any atom is -0.394 e. The van der Waals surface area contributed by atoms with Crippen molar-refractivity contribution in [1.29, 1.82) is 0 Å². The Labute approximate surface area is 122 Å². The minimum atomic E-state index is -0.428. The zero-order chi connectivity index (χ0) is 15.6. The summed E-state index contributed by atoms with van der Waals surface area (Å²) < 4.78 is 5.74. The van der Waals surface area contributed by atoms with E-state index in [1.165, 1.54) is 0 Å². The highest BCUT2D eigenvalue weighted by atomic mass is 16.5. The number of morpholine rings is 1.